The standard InChI is InChI=1S/C51H66O3/c1-35(2)41-26-29-50(34-53-51(37-18-12-9-13-19-37,38-20-14-10-15-21-38)39-22-16-11-17-23-39)31-30-48(7)42(45(41)50)24-25-44-47(6)33-40(54-36(3)52)32-46(4,5)43(47)27-28-49(44,48)8/h9-23,40-45H,1,24-34H2,2-8H3/t40-,41+,42?,43?,44?,45?,47+,48-,49-,50-/m1/s1. The maximum Gasteiger partial charge on any atom is 0.302 e. The number of fused-ring (bicyclic) bond motifs is 7. The predicted molar refractivity (Wildman–Crippen MR) is 220 cm³/mol. The maximum absolute atomic E-state index is 12.3. The van der Waals surface area contributed by atoms with Crippen molar-refractivity contribution in [1.82, 2.24) is 0 Å². The molecule has 5 aliphatic carbocycles. The third-order valence-corrected chi connectivity index (χ3v) is 17.3. The molecule has 0 radical (unpaired) electrons. The maximum atomic E-state index is 12.3. The van der Waals surface area contributed by atoms with Gasteiger partial charge in [-0.2, -0.15) is 0 Å². The van der Waals surface area contributed by atoms with E-state index in [1.165, 1.54) is 73.6 Å². The van der Waals surface area contributed by atoms with Gasteiger partial charge in [-0.25, -0.2) is 0 Å². The Morgan fingerprint density at radius 1 is 0.685 bits per heavy atom. The van der Waals surface area contributed by atoms with Crippen LogP contribution < -0.4 is 0 Å². The molecule has 54 heavy (non-hydrogen) atoms. The van der Waals surface area contributed by atoms with E-state index >= 15 is 0 Å². The lowest BCUT2D eigenvalue weighted by atomic mass is 9.32. The molecular weight excluding hydrogens is 661 g/mol. The van der Waals surface area contributed by atoms with Crippen LogP contribution in [0.2, 0.25) is 0 Å². The zero-order valence-electron chi connectivity index (χ0n) is 34.3. The number of hydrogen-bond acceptors (Lipinski definition) is 3. The van der Waals surface area contributed by atoms with Crippen LogP contribution in [0.1, 0.15) is 129 Å². The third kappa shape index (κ3) is 5.63. The molecule has 0 aromatic heterocycles. The number of ether oxygens (including phenoxy) is 2. The van der Waals surface area contributed by atoms with Gasteiger partial charge in [-0.15, -0.1) is 0 Å². The van der Waals surface area contributed by atoms with E-state index in [-0.39, 0.29) is 39.1 Å². The van der Waals surface area contributed by atoms with Crippen molar-refractivity contribution < 1.29 is 14.3 Å². The first kappa shape index (κ1) is 37.7. The van der Waals surface area contributed by atoms with Crippen LogP contribution in [0.25, 0.3) is 0 Å². The van der Waals surface area contributed by atoms with Crippen LogP contribution in [0.5, 0.6) is 0 Å². The fraction of sp³-hybridized carbons (Fsp3) is 0.588. The second-order valence-electron chi connectivity index (χ2n) is 20.2. The van der Waals surface area contributed by atoms with Crippen LogP contribution in [0.3, 0.4) is 0 Å². The lowest BCUT2D eigenvalue weighted by Crippen LogP contribution is -2.66. The second kappa shape index (κ2) is 13.5. The summed E-state index contributed by atoms with van der Waals surface area (Å²) < 4.78 is 13.9. The highest BCUT2D eigenvalue weighted by Gasteiger charge is 2.71. The van der Waals surface area contributed by atoms with Crippen LogP contribution in [0.4, 0.5) is 0 Å². The Labute approximate surface area is 326 Å². The monoisotopic (exact) mass is 727 g/mol. The number of carbonyl (C=O) groups excluding carboxylic acids is 1. The summed E-state index contributed by atoms with van der Waals surface area (Å²) in [5.74, 6) is 2.85. The quantitative estimate of drug-likeness (QED) is 0.132. The highest BCUT2D eigenvalue weighted by Crippen LogP contribution is 2.77. The van der Waals surface area contributed by atoms with Gasteiger partial charge < -0.3 is 9.47 Å². The molecule has 8 rings (SSSR count). The van der Waals surface area contributed by atoms with Gasteiger partial charge in [0.15, 0.2) is 0 Å². The molecule has 5 saturated carbocycles. The molecule has 4 unspecified atom stereocenters. The molecule has 0 bridgehead atoms. The van der Waals surface area contributed by atoms with E-state index in [0.29, 0.717) is 29.6 Å². The van der Waals surface area contributed by atoms with Crippen molar-refractivity contribution in [2.24, 2.45) is 56.7 Å². The Kier molecular flexibility index (Phi) is 9.43. The topological polar surface area (TPSA) is 35.5 Å². The van der Waals surface area contributed by atoms with Crippen molar-refractivity contribution in [2.45, 2.75) is 124 Å². The van der Waals surface area contributed by atoms with Gasteiger partial charge in [0.1, 0.15) is 11.7 Å². The number of benzene rings is 3. The molecule has 0 amide bonds. The summed E-state index contributed by atoms with van der Waals surface area (Å²) in [7, 11) is 0. The van der Waals surface area contributed by atoms with Crippen molar-refractivity contribution in [2.75, 3.05) is 6.61 Å². The molecule has 0 aliphatic heterocycles. The highest BCUT2D eigenvalue weighted by atomic mass is 16.5. The van der Waals surface area contributed by atoms with E-state index in [1.807, 2.05) is 0 Å². The summed E-state index contributed by atoms with van der Waals surface area (Å²) >= 11 is 0. The number of allylic oxidation sites excluding steroid dienone is 1. The van der Waals surface area contributed by atoms with Crippen LogP contribution in [0, 0.1) is 56.7 Å². The van der Waals surface area contributed by atoms with Crippen molar-refractivity contribution in [3.05, 3.63) is 120 Å². The first-order valence-electron chi connectivity index (χ1n) is 21.3. The average Bonchev–Trinajstić information content (AvgIpc) is 3.53. The van der Waals surface area contributed by atoms with Gasteiger partial charge >= 0.3 is 5.97 Å². The zero-order valence-corrected chi connectivity index (χ0v) is 34.3. The number of rotatable bonds is 8. The number of carbonyl (C=O) groups is 1. The van der Waals surface area contributed by atoms with Gasteiger partial charge in [-0.1, -0.05) is 138 Å². The number of hydrogen-bond donors (Lipinski definition) is 0. The molecule has 0 N–H and O–H groups in total. The fourth-order valence-corrected chi connectivity index (χ4v) is 15.1. The Hall–Kier alpha value is -3.17. The zero-order chi connectivity index (χ0) is 38.1. The molecule has 5 fully saturated rings. The molecule has 288 valence electrons. The SMILES string of the molecule is C=C(C)[C@@H]1CC[C@]2(COC(c3ccccc3)(c3ccccc3)c3ccccc3)CC[C@]3(C)C(CCC4[C@@]5(C)C[C@H](OC(C)=O)CC(C)(C)C5CC[C@]43C)C12. The Balaban J connectivity index is 1.18. The molecule has 3 heteroatoms. The molecule has 0 heterocycles. The van der Waals surface area contributed by atoms with Gasteiger partial charge in [0.05, 0.1) is 6.61 Å². The van der Waals surface area contributed by atoms with Crippen molar-refractivity contribution >= 4 is 5.97 Å². The van der Waals surface area contributed by atoms with Gasteiger partial charge in [-0.3, -0.25) is 4.79 Å². The lowest BCUT2D eigenvalue weighted by molar-refractivity contribution is -0.251. The minimum absolute atomic E-state index is 0.0181. The Morgan fingerprint density at radius 2 is 1.26 bits per heavy atom. The summed E-state index contributed by atoms with van der Waals surface area (Å²) in [6.45, 7) is 22.3. The molecule has 5 aliphatic rings. The van der Waals surface area contributed by atoms with Gasteiger partial charge in [-0.05, 0) is 144 Å². The molecule has 3 aromatic carbocycles. The molecule has 10 atom stereocenters. The molecule has 3 nitrogen and oxygen atoms in total. The molecular formula is C51H66O3. The van der Waals surface area contributed by atoms with Crippen LogP contribution in [-0.2, 0) is 19.9 Å². The van der Waals surface area contributed by atoms with Gasteiger partial charge in [0.25, 0.3) is 0 Å². The van der Waals surface area contributed by atoms with Gasteiger partial charge in [0, 0.05) is 6.92 Å². The van der Waals surface area contributed by atoms with Crippen molar-refractivity contribution in [3.63, 3.8) is 0 Å². The smallest absolute Gasteiger partial charge is 0.302 e. The summed E-state index contributed by atoms with van der Waals surface area (Å²) in [5, 5.41) is 0. The van der Waals surface area contributed by atoms with Crippen LogP contribution in [-0.4, -0.2) is 18.7 Å². The second-order valence-corrected chi connectivity index (χ2v) is 20.2. The average molecular weight is 727 g/mol. The first-order chi connectivity index (χ1) is 25.7. The largest absolute Gasteiger partial charge is 0.463 e. The molecule has 3 aromatic rings. The fourth-order valence-electron chi connectivity index (χ4n) is 15.1. The highest BCUT2D eigenvalue weighted by molar-refractivity contribution is 5.66. The normalized spacial score (nSPS) is 38.3. The van der Waals surface area contributed by atoms with Crippen molar-refractivity contribution in [1.29, 1.82) is 0 Å². The van der Waals surface area contributed by atoms with E-state index < -0.39 is 5.60 Å². The Morgan fingerprint density at radius 3 is 1.80 bits per heavy atom. The molecule has 0 saturated heterocycles. The van der Waals surface area contributed by atoms with E-state index in [0.717, 1.165) is 19.4 Å². The van der Waals surface area contributed by atoms with E-state index in [4.69, 9.17) is 16.1 Å². The summed E-state index contributed by atoms with van der Waals surface area (Å²) in [6.07, 6.45) is 12.0. The van der Waals surface area contributed by atoms with Crippen LogP contribution >= 0.6 is 0 Å². The third-order valence-electron chi connectivity index (χ3n) is 17.3. The first-order valence-corrected chi connectivity index (χ1v) is 21.3. The van der Waals surface area contributed by atoms with E-state index in [2.05, 4.69) is 133 Å². The minimum Gasteiger partial charge on any atom is -0.463 e. The van der Waals surface area contributed by atoms with Crippen molar-refractivity contribution in [3.8, 4) is 0 Å². The van der Waals surface area contributed by atoms with Crippen LogP contribution in [0.15, 0.2) is 103 Å². The number of esters is 1. The Bertz CT molecular complexity index is 1740. The van der Waals surface area contributed by atoms with E-state index in [9.17, 15) is 4.79 Å². The lowest BCUT2D eigenvalue weighted by Gasteiger charge is -2.73. The predicted octanol–water partition coefficient (Wildman–Crippen LogP) is 12.6. The molecule has 0 spiro atoms. The minimum atomic E-state index is -0.714. The summed E-state index contributed by atoms with van der Waals surface area (Å²) in [4.78, 5) is 12.3. The van der Waals surface area contributed by atoms with E-state index in [1.54, 1.807) is 6.92 Å². The summed E-state index contributed by atoms with van der Waals surface area (Å²) in [5.41, 5.74) is 5.07. The van der Waals surface area contributed by atoms with Gasteiger partial charge in [0.2, 0.25) is 0 Å². The summed E-state index contributed by atoms with van der Waals surface area (Å²) in [6, 6.07) is 32.9.